The lowest BCUT2D eigenvalue weighted by molar-refractivity contribution is -0.205. The number of esters is 2. The highest BCUT2D eigenvalue weighted by atomic mass is 16.5. The van der Waals surface area contributed by atoms with Gasteiger partial charge in [-0.1, -0.05) is 71.7 Å². The number of rotatable bonds is 4. The lowest BCUT2D eigenvalue weighted by atomic mass is 9.34. The Morgan fingerprint density at radius 1 is 0.778 bits per heavy atom. The van der Waals surface area contributed by atoms with Crippen molar-refractivity contribution in [2.24, 2.45) is 44.3 Å². The molecular formula is C39H54O6. The topological polar surface area (TPSA) is 89.9 Å². The van der Waals surface area contributed by atoms with Crippen LogP contribution in [0.25, 0.3) is 0 Å². The summed E-state index contributed by atoms with van der Waals surface area (Å²) in [6.45, 7) is 16.9. The molecule has 0 heterocycles. The van der Waals surface area contributed by atoms with Crippen molar-refractivity contribution in [2.75, 3.05) is 7.11 Å². The van der Waals surface area contributed by atoms with E-state index in [-0.39, 0.29) is 50.3 Å². The molecule has 1 aromatic carbocycles. The molecule has 4 fully saturated rings. The van der Waals surface area contributed by atoms with Crippen molar-refractivity contribution in [2.45, 2.75) is 125 Å². The molecule has 0 bridgehead atoms. The van der Waals surface area contributed by atoms with E-state index in [1.54, 1.807) is 30.9 Å². The second-order valence-corrected chi connectivity index (χ2v) is 17.4. The SMILES string of the molecule is COC(=O)[C@]12CCC(C)(C)CC1=C1CC[C@@H]3[C@@]4(C)CC[C@H](OC(=O)c5ccccc5C(=O)O)C(C)(C)[C@@H]4CC[C@@]3(C)[C@]1(C)CC2. The maximum Gasteiger partial charge on any atom is 0.339 e. The summed E-state index contributed by atoms with van der Waals surface area (Å²) in [5, 5.41) is 9.66. The van der Waals surface area contributed by atoms with E-state index in [0.29, 0.717) is 11.8 Å². The van der Waals surface area contributed by atoms with Crippen LogP contribution in [0.1, 0.15) is 140 Å². The fourth-order valence-electron chi connectivity index (χ4n) is 12.0. The van der Waals surface area contributed by atoms with Gasteiger partial charge in [-0.2, -0.15) is 0 Å². The van der Waals surface area contributed by atoms with E-state index in [4.69, 9.17) is 9.47 Å². The third kappa shape index (κ3) is 4.50. The number of methoxy groups -OCH3 is 1. The minimum atomic E-state index is -1.12. The fraction of sp³-hybridized carbons (Fsp3) is 0.718. The van der Waals surface area contributed by atoms with Crippen molar-refractivity contribution >= 4 is 17.9 Å². The highest BCUT2D eigenvalue weighted by Crippen LogP contribution is 2.75. The lowest BCUT2D eigenvalue weighted by Crippen LogP contribution is -2.64. The van der Waals surface area contributed by atoms with Crippen LogP contribution in [0.5, 0.6) is 0 Å². The summed E-state index contributed by atoms with van der Waals surface area (Å²) < 4.78 is 11.7. The van der Waals surface area contributed by atoms with E-state index in [9.17, 15) is 19.5 Å². The first kappa shape index (κ1) is 32.3. The maximum atomic E-state index is 13.5. The van der Waals surface area contributed by atoms with Crippen LogP contribution in [0, 0.1) is 44.3 Å². The summed E-state index contributed by atoms with van der Waals surface area (Å²) >= 11 is 0. The van der Waals surface area contributed by atoms with Crippen LogP contribution in [-0.4, -0.2) is 36.2 Å². The average Bonchev–Trinajstić information content (AvgIpc) is 2.98. The minimum absolute atomic E-state index is 0.0141. The Balaban J connectivity index is 1.32. The lowest BCUT2D eigenvalue weighted by Gasteiger charge is -2.71. The highest BCUT2D eigenvalue weighted by Gasteiger charge is 2.68. The van der Waals surface area contributed by atoms with Gasteiger partial charge < -0.3 is 14.6 Å². The van der Waals surface area contributed by atoms with E-state index < -0.39 is 17.4 Å². The first-order chi connectivity index (χ1) is 21.0. The maximum absolute atomic E-state index is 13.5. The number of carboxylic acid groups (broad SMARTS) is 1. The number of carbonyl (C=O) groups is 3. The van der Waals surface area contributed by atoms with Crippen molar-refractivity contribution < 1.29 is 29.0 Å². The molecule has 6 nitrogen and oxygen atoms in total. The van der Waals surface area contributed by atoms with E-state index in [0.717, 1.165) is 70.6 Å². The molecule has 45 heavy (non-hydrogen) atoms. The number of benzene rings is 1. The molecule has 5 aliphatic rings. The van der Waals surface area contributed by atoms with Crippen molar-refractivity contribution in [3.8, 4) is 0 Å². The minimum Gasteiger partial charge on any atom is -0.478 e. The van der Waals surface area contributed by atoms with Crippen molar-refractivity contribution in [1.82, 2.24) is 0 Å². The molecule has 246 valence electrons. The third-order valence-corrected chi connectivity index (χ3v) is 14.7. The van der Waals surface area contributed by atoms with Crippen LogP contribution in [0.3, 0.4) is 0 Å². The average molecular weight is 619 g/mol. The van der Waals surface area contributed by atoms with Crippen LogP contribution < -0.4 is 0 Å². The Morgan fingerprint density at radius 2 is 1.44 bits per heavy atom. The monoisotopic (exact) mass is 618 g/mol. The third-order valence-electron chi connectivity index (χ3n) is 14.7. The van der Waals surface area contributed by atoms with Crippen LogP contribution in [-0.2, 0) is 14.3 Å². The Bertz CT molecular complexity index is 1450. The van der Waals surface area contributed by atoms with Gasteiger partial charge in [0.2, 0.25) is 0 Å². The van der Waals surface area contributed by atoms with Crippen LogP contribution in [0.15, 0.2) is 35.4 Å². The zero-order chi connectivity index (χ0) is 32.8. The predicted molar refractivity (Wildman–Crippen MR) is 174 cm³/mol. The zero-order valence-electron chi connectivity index (χ0n) is 28.8. The number of carbonyl (C=O) groups excluding carboxylic acids is 2. The molecule has 0 unspecified atom stereocenters. The van der Waals surface area contributed by atoms with Crippen LogP contribution >= 0.6 is 0 Å². The molecule has 4 saturated carbocycles. The normalized spacial score (nSPS) is 39.8. The number of carboxylic acids is 1. The quantitative estimate of drug-likeness (QED) is 0.268. The molecule has 0 radical (unpaired) electrons. The summed E-state index contributed by atoms with van der Waals surface area (Å²) in [5.74, 6) is -0.764. The predicted octanol–water partition coefficient (Wildman–Crippen LogP) is 9.03. The summed E-state index contributed by atoms with van der Waals surface area (Å²) in [7, 11) is 1.56. The fourth-order valence-corrected chi connectivity index (χ4v) is 12.0. The summed E-state index contributed by atoms with van der Waals surface area (Å²) in [4.78, 5) is 38.7. The zero-order valence-corrected chi connectivity index (χ0v) is 28.8. The van der Waals surface area contributed by atoms with Crippen molar-refractivity contribution in [1.29, 1.82) is 0 Å². The molecule has 0 spiro atoms. The summed E-state index contributed by atoms with van der Waals surface area (Å²) in [6.07, 6.45) is 10.7. The number of aromatic carboxylic acids is 1. The molecule has 5 aliphatic carbocycles. The molecule has 7 atom stereocenters. The summed E-state index contributed by atoms with van der Waals surface area (Å²) in [5.41, 5.74) is 2.84. The molecule has 0 aromatic heterocycles. The molecule has 0 amide bonds. The van der Waals surface area contributed by atoms with Gasteiger partial charge in [0.05, 0.1) is 23.7 Å². The second kappa shape index (κ2) is 10.4. The highest BCUT2D eigenvalue weighted by molar-refractivity contribution is 6.02. The molecule has 1 N–H and O–H groups in total. The molecule has 0 saturated heterocycles. The first-order valence-corrected chi connectivity index (χ1v) is 17.3. The summed E-state index contributed by atoms with van der Waals surface area (Å²) in [6, 6.07) is 6.35. The van der Waals surface area contributed by atoms with E-state index in [1.807, 2.05) is 0 Å². The Morgan fingerprint density at radius 3 is 2.11 bits per heavy atom. The van der Waals surface area contributed by atoms with Crippen LogP contribution in [0.2, 0.25) is 0 Å². The van der Waals surface area contributed by atoms with E-state index in [1.165, 1.54) is 11.6 Å². The molecule has 6 rings (SSSR count). The largest absolute Gasteiger partial charge is 0.478 e. The molecule has 0 aliphatic heterocycles. The van der Waals surface area contributed by atoms with Gasteiger partial charge in [-0.15, -0.1) is 0 Å². The van der Waals surface area contributed by atoms with E-state index in [2.05, 4.69) is 48.5 Å². The number of fused-ring (bicyclic) bond motifs is 6. The van der Waals surface area contributed by atoms with Gasteiger partial charge in [-0.05, 0) is 116 Å². The van der Waals surface area contributed by atoms with Gasteiger partial charge in [0.1, 0.15) is 6.10 Å². The number of hydrogen-bond acceptors (Lipinski definition) is 5. The van der Waals surface area contributed by atoms with Gasteiger partial charge in [0.25, 0.3) is 0 Å². The molecular weight excluding hydrogens is 564 g/mol. The van der Waals surface area contributed by atoms with Crippen molar-refractivity contribution in [3.63, 3.8) is 0 Å². The van der Waals surface area contributed by atoms with Gasteiger partial charge in [0, 0.05) is 5.41 Å². The second-order valence-electron chi connectivity index (χ2n) is 17.4. The van der Waals surface area contributed by atoms with Crippen molar-refractivity contribution in [3.05, 3.63) is 46.5 Å². The van der Waals surface area contributed by atoms with Gasteiger partial charge in [-0.3, -0.25) is 4.79 Å². The van der Waals surface area contributed by atoms with Crippen LogP contribution in [0.4, 0.5) is 0 Å². The standard InChI is InChI=1S/C39H54O6/c1-34(2)19-21-39(33(43)44-8)22-20-37(6)26(27(39)23-34)13-14-29-36(5)17-16-30(35(3,4)28(36)15-18-38(29,37)7)45-32(42)25-12-10-9-11-24(25)31(40)41/h9-12,28-30H,13-23H2,1-8H3,(H,40,41)/t28-,29+,30-,36-,37+,38+,39-/m0/s1. The van der Waals surface area contributed by atoms with Gasteiger partial charge in [0.15, 0.2) is 0 Å². The molecule has 1 aromatic rings. The first-order valence-electron chi connectivity index (χ1n) is 17.3. The Hall–Kier alpha value is -2.63. The van der Waals surface area contributed by atoms with Gasteiger partial charge in [-0.25, -0.2) is 9.59 Å². The van der Waals surface area contributed by atoms with E-state index >= 15 is 0 Å². The number of ether oxygens (including phenoxy) is 2. The molecule has 6 heteroatoms. The van der Waals surface area contributed by atoms with Gasteiger partial charge >= 0.3 is 17.9 Å². The smallest absolute Gasteiger partial charge is 0.339 e. The number of hydrogen-bond donors (Lipinski definition) is 1. The number of allylic oxidation sites excluding steroid dienone is 1. The Kier molecular flexibility index (Phi) is 7.50. The Labute approximate surface area is 269 Å².